The molecule has 2 aliphatic heterocycles. The molecule has 22 heavy (non-hydrogen) atoms. The Morgan fingerprint density at radius 1 is 1.32 bits per heavy atom. The van der Waals surface area contributed by atoms with Gasteiger partial charge in [-0.1, -0.05) is 11.8 Å². The number of thioether (sulfide) groups is 1. The third-order valence-electron chi connectivity index (χ3n) is 4.40. The van der Waals surface area contributed by atoms with Gasteiger partial charge in [0, 0.05) is 25.8 Å². The van der Waals surface area contributed by atoms with E-state index >= 15 is 0 Å². The number of hydrogen-bond donors (Lipinski definition) is 0. The molecule has 0 amide bonds. The largest absolute Gasteiger partial charge is 0.377 e. The summed E-state index contributed by atoms with van der Waals surface area (Å²) >= 11 is 1.68. The van der Waals surface area contributed by atoms with E-state index in [1.165, 1.54) is 12.8 Å². The van der Waals surface area contributed by atoms with Gasteiger partial charge in [0.2, 0.25) is 0 Å². The Morgan fingerprint density at radius 3 is 2.86 bits per heavy atom. The summed E-state index contributed by atoms with van der Waals surface area (Å²) in [6, 6.07) is 0. The molecule has 124 valence electrons. The highest BCUT2D eigenvalue weighted by Gasteiger charge is 2.29. The maximum atomic E-state index is 11.5. The van der Waals surface area contributed by atoms with Crippen molar-refractivity contribution in [1.29, 1.82) is 0 Å². The summed E-state index contributed by atoms with van der Waals surface area (Å²) in [6.45, 7) is 0.867. The summed E-state index contributed by atoms with van der Waals surface area (Å²) in [5, 5.41) is 9.39. The Morgan fingerprint density at radius 2 is 2.18 bits per heavy atom. The molecule has 0 aliphatic carbocycles. The van der Waals surface area contributed by atoms with Crippen LogP contribution < -0.4 is 0 Å². The summed E-state index contributed by atoms with van der Waals surface area (Å²) in [5.41, 5.74) is 0. The molecular weight excluding hydrogens is 322 g/mol. The fourth-order valence-corrected chi connectivity index (χ4v) is 5.90. The van der Waals surface area contributed by atoms with Crippen LogP contribution in [0.4, 0.5) is 0 Å². The molecule has 0 N–H and O–H groups in total. The van der Waals surface area contributed by atoms with Gasteiger partial charge in [-0.05, 0) is 31.6 Å². The van der Waals surface area contributed by atoms with Crippen molar-refractivity contribution in [1.82, 2.24) is 14.8 Å². The van der Waals surface area contributed by atoms with Crippen LogP contribution in [0.25, 0.3) is 0 Å². The van der Waals surface area contributed by atoms with Crippen molar-refractivity contribution in [2.24, 2.45) is 13.0 Å². The fourth-order valence-electron chi connectivity index (χ4n) is 3.05. The zero-order chi connectivity index (χ0) is 15.6. The van der Waals surface area contributed by atoms with Gasteiger partial charge in [-0.15, -0.1) is 10.2 Å². The van der Waals surface area contributed by atoms with Crippen molar-refractivity contribution in [2.45, 2.75) is 43.4 Å². The van der Waals surface area contributed by atoms with E-state index in [0.29, 0.717) is 18.3 Å². The predicted molar refractivity (Wildman–Crippen MR) is 85.8 cm³/mol. The number of rotatable bonds is 5. The molecule has 6 nitrogen and oxygen atoms in total. The molecule has 2 aliphatic rings. The lowest BCUT2D eigenvalue weighted by molar-refractivity contribution is 0.0315. The molecule has 0 radical (unpaired) electrons. The fraction of sp³-hybridized carbons (Fsp3) is 0.857. The second kappa shape index (κ2) is 6.88. The van der Waals surface area contributed by atoms with Crippen LogP contribution in [0.15, 0.2) is 5.16 Å². The van der Waals surface area contributed by atoms with Crippen molar-refractivity contribution in [3.63, 3.8) is 0 Å². The van der Waals surface area contributed by atoms with Crippen molar-refractivity contribution in [3.05, 3.63) is 5.82 Å². The minimum absolute atomic E-state index is 0.187. The molecule has 3 heterocycles. The number of ether oxygens (including phenoxy) is 1. The molecule has 2 saturated heterocycles. The second-order valence-corrected chi connectivity index (χ2v) is 9.45. The SMILES string of the molecule is Cn1c(C[C@@H]2CCS(=O)(=O)C2)nnc1SC[C@@H]1CCCCO1. The van der Waals surface area contributed by atoms with Crippen LogP contribution in [0.3, 0.4) is 0 Å². The van der Waals surface area contributed by atoms with E-state index in [1.807, 2.05) is 11.6 Å². The Balaban J connectivity index is 1.55. The lowest BCUT2D eigenvalue weighted by Gasteiger charge is -2.21. The van der Waals surface area contributed by atoms with Crippen LogP contribution in [0, 0.1) is 5.92 Å². The van der Waals surface area contributed by atoms with Crippen LogP contribution in [-0.2, 0) is 28.0 Å². The molecular formula is C14H23N3O3S2. The highest BCUT2D eigenvalue weighted by atomic mass is 32.2. The van der Waals surface area contributed by atoms with E-state index in [1.54, 1.807) is 11.8 Å². The minimum Gasteiger partial charge on any atom is -0.377 e. The molecule has 0 bridgehead atoms. The van der Waals surface area contributed by atoms with E-state index in [-0.39, 0.29) is 11.7 Å². The molecule has 8 heteroatoms. The van der Waals surface area contributed by atoms with Crippen molar-refractivity contribution in [2.75, 3.05) is 23.9 Å². The third kappa shape index (κ3) is 4.02. The van der Waals surface area contributed by atoms with Gasteiger partial charge in [0.05, 0.1) is 17.6 Å². The second-order valence-electron chi connectivity index (χ2n) is 6.23. The zero-order valence-electron chi connectivity index (χ0n) is 12.9. The van der Waals surface area contributed by atoms with E-state index < -0.39 is 9.84 Å². The number of aromatic nitrogens is 3. The Bertz CT molecular complexity index is 609. The van der Waals surface area contributed by atoms with Crippen LogP contribution in [-0.4, -0.2) is 53.2 Å². The summed E-state index contributed by atoms with van der Waals surface area (Å²) < 4.78 is 30.8. The molecule has 1 aromatic heterocycles. The third-order valence-corrected chi connectivity index (χ3v) is 7.38. The molecule has 1 aromatic rings. The van der Waals surface area contributed by atoms with Crippen molar-refractivity contribution >= 4 is 21.6 Å². The first-order valence-electron chi connectivity index (χ1n) is 7.86. The molecule has 0 unspecified atom stereocenters. The first-order chi connectivity index (χ1) is 10.5. The Hall–Kier alpha value is -0.600. The number of sulfone groups is 1. The van der Waals surface area contributed by atoms with Crippen LogP contribution in [0.2, 0.25) is 0 Å². The van der Waals surface area contributed by atoms with Gasteiger partial charge in [0.15, 0.2) is 15.0 Å². The topological polar surface area (TPSA) is 74.1 Å². The summed E-state index contributed by atoms with van der Waals surface area (Å²) in [4.78, 5) is 0. The monoisotopic (exact) mass is 345 g/mol. The van der Waals surface area contributed by atoms with Gasteiger partial charge < -0.3 is 9.30 Å². The van der Waals surface area contributed by atoms with Gasteiger partial charge in [-0.25, -0.2) is 8.42 Å². The molecule has 2 fully saturated rings. The minimum atomic E-state index is -2.83. The van der Waals surface area contributed by atoms with Crippen LogP contribution >= 0.6 is 11.8 Å². The highest BCUT2D eigenvalue weighted by Crippen LogP contribution is 2.25. The molecule has 0 saturated carbocycles. The maximum Gasteiger partial charge on any atom is 0.191 e. The van der Waals surface area contributed by atoms with Crippen molar-refractivity contribution < 1.29 is 13.2 Å². The number of nitrogens with zero attached hydrogens (tertiary/aromatic N) is 3. The maximum absolute atomic E-state index is 11.5. The number of hydrogen-bond acceptors (Lipinski definition) is 6. The average molecular weight is 345 g/mol. The summed E-state index contributed by atoms with van der Waals surface area (Å²) in [5.74, 6) is 2.58. The van der Waals surface area contributed by atoms with E-state index in [0.717, 1.165) is 36.2 Å². The Labute approximate surface area is 135 Å². The van der Waals surface area contributed by atoms with E-state index in [4.69, 9.17) is 4.74 Å². The van der Waals surface area contributed by atoms with Gasteiger partial charge in [0.25, 0.3) is 0 Å². The van der Waals surface area contributed by atoms with Gasteiger partial charge in [0.1, 0.15) is 5.82 Å². The molecule has 3 rings (SSSR count). The van der Waals surface area contributed by atoms with E-state index in [2.05, 4.69) is 10.2 Å². The first kappa shape index (κ1) is 16.3. The van der Waals surface area contributed by atoms with Gasteiger partial charge in [-0.2, -0.15) is 0 Å². The normalized spacial score (nSPS) is 28.0. The molecule has 0 aromatic carbocycles. The van der Waals surface area contributed by atoms with Gasteiger partial charge >= 0.3 is 0 Å². The zero-order valence-corrected chi connectivity index (χ0v) is 14.5. The Kier molecular flexibility index (Phi) is 5.09. The summed E-state index contributed by atoms with van der Waals surface area (Å²) in [6.07, 6.45) is 5.29. The summed E-state index contributed by atoms with van der Waals surface area (Å²) in [7, 11) is -0.864. The lowest BCUT2D eigenvalue weighted by atomic mass is 10.1. The van der Waals surface area contributed by atoms with Gasteiger partial charge in [-0.3, -0.25) is 0 Å². The molecule has 0 spiro atoms. The molecule has 2 atom stereocenters. The van der Waals surface area contributed by atoms with E-state index in [9.17, 15) is 8.42 Å². The predicted octanol–water partition coefficient (Wildman–Crippen LogP) is 1.45. The first-order valence-corrected chi connectivity index (χ1v) is 10.7. The smallest absolute Gasteiger partial charge is 0.191 e. The quantitative estimate of drug-likeness (QED) is 0.752. The van der Waals surface area contributed by atoms with Crippen molar-refractivity contribution in [3.8, 4) is 0 Å². The standard InChI is InChI=1S/C14H23N3O3S2/c1-17-13(8-11-5-7-22(18,19)10-11)15-16-14(17)21-9-12-4-2-3-6-20-12/h11-12H,2-10H2,1H3/t11-,12-/m0/s1. The lowest BCUT2D eigenvalue weighted by Crippen LogP contribution is -2.21. The highest BCUT2D eigenvalue weighted by molar-refractivity contribution is 7.99. The van der Waals surface area contributed by atoms with Crippen LogP contribution in [0.1, 0.15) is 31.5 Å². The van der Waals surface area contributed by atoms with Crippen LogP contribution in [0.5, 0.6) is 0 Å². The average Bonchev–Trinajstić information content (AvgIpc) is 3.02.